The Hall–Kier alpha value is -1.22. The number of carbonyl (C=O) groups is 2. The summed E-state index contributed by atoms with van der Waals surface area (Å²) in [6.07, 6.45) is 2.47. The fraction of sp³-hybridized carbons (Fsp3) is 0.889. The number of rotatable bonds is 19. The van der Waals surface area contributed by atoms with Gasteiger partial charge in [0.1, 0.15) is 13.2 Å². The van der Waals surface area contributed by atoms with Gasteiger partial charge in [0.15, 0.2) is 0 Å². The molecule has 26 heavy (non-hydrogen) atoms. The van der Waals surface area contributed by atoms with E-state index in [1.165, 1.54) is 0 Å². The normalized spacial score (nSPS) is 10.7. The van der Waals surface area contributed by atoms with Crippen molar-refractivity contribution in [1.29, 1.82) is 0 Å². The van der Waals surface area contributed by atoms with Gasteiger partial charge in [-0.15, -0.1) is 0 Å². The second-order valence-electron chi connectivity index (χ2n) is 5.39. The molecule has 0 aromatic carbocycles. The average molecular weight is 378 g/mol. The van der Waals surface area contributed by atoms with E-state index in [4.69, 9.17) is 28.4 Å². The molecule has 0 saturated carbocycles. The van der Waals surface area contributed by atoms with Crippen molar-refractivity contribution >= 4 is 11.9 Å². The van der Waals surface area contributed by atoms with Gasteiger partial charge in [0.05, 0.1) is 52.9 Å². The van der Waals surface area contributed by atoms with Crippen LogP contribution in [0.3, 0.4) is 0 Å². The van der Waals surface area contributed by atoms with Crippen molar-refractivity contribution in [2.24, 2.45) is 0 Å². The fourth-order valence-corrected chi connectivity index (χ4v) is 1.74. The SMILES string of the molecule is CCCC(=O)OCCOCCOCCOCCOCCOC(=O)CCC. The molecule has 0 amide bonds. The zero-order valence-corrected chi connectivity index (χ0v) is 16.2. The van der Waals surface area contributed by atoms with Crippen molar-refractivity contribution in [3.8, 4) is 0 Å². The van der Waals surface area contributed by atoms with Crippen LogP contribution in [0.2, 0.25) is 0 Å². The molecule has 0 N–H and O–H groups in total. The van der Waals surface area contributed by atoms with Gasteiger partial charge in [0, 0.05) is 12.8 Å². The Balaban J connectivity index is 3.09. The van der Waals surface area contributed by atoms with E-state index in [2.05, 4.69) is 0 Å². The number of hydrogen-bond acceptors (Lipinski definition) is 8. The summed E-state index contributed by atoms with van der Waals surface area (Å²) in [5.74, 6) is -0.378. The summed E-state index contributed by atoms with van der Waals surface area (Å²) in [6.45, 7) is 7.95. The molecule has 8 nitrogen and oxygen atoms in total. The molecule has 0 fully saturated rings. The van der Waals surface area contributed by atoms with Crippen molar-refractivity contribution in [3.05, 3.63) is 0 Å². The van der Waals surface area contributed by atoms with E-state index in [0.717, 1.165) is 12.8 Å². The van der Waals surface area contributed by atoms with E-state index in [1.807, 2.05) is 13.8 Å². The standard InChI is InChI=1S/C18H34O8/c1-3-5-17(19)25-15-13-23-11-9-21-7-8-22-10-12-24-14-16-26-18(20)6-4-2/h3-16H2,1-2H3. The molecular formula is C18H34O8. The van der Waals surface area contributed by atoms with Crippen LogP contribution in [-0.4, -0.2) is 78.0 Å². The lowest BCUT2D eigenvalue weighted by Crippen LogP contribution is -2.15. The Bertz CT molecular complexity index is 303. The Morgan fingerprint density at radius 3 is 1.04 bits per heavy atom. The Labute approximate surface area is 156 Å². The highest BCUT2D eigenvalue weighted by atomic mass is 16.6. The van der Waals surface area contributed by atoms with Gasteiger partial charge in [-0.2, -0.15) is 0 Å². The average Bonchev–Trinajstić information content (AvgIpc) is 2.61. The predicted molar refractivity (Wildman–Crippen MR) is 95.0 cm³/mol. The first-order chi connectivity index (χ1) is 12.7. The molecule has 0 aromatic rings. The Morgan fingerprint density at radius 1 is 0.500 bits per heavy atom. The van der Waals surface area contributed by atoms with Crippen LogP contribution in [0.25, 0.3) is 0 Å². The van der Waals surface area contributed by atoms with Gasteiger partial charge in [0.2, 0.25) is 0 Å². The summed E-state index contributed by atoms with van der Waals surface area (Å²) in [7, 11) is 0. The highest BCUT2D eigenvalue weighted by Gasteiger charge is 2.00. The highest BCUT2D eigenvalue weighted by molar-refractivity contribution is 5.69. The number of esters is 2. The largest absolute Gasteiger partial charge is 0.463 e. The molecule has 0 unspecified atom stereocenters. The molecule has 0 saturated heterocycles. The zero-order chi connectivity index (χ0) is 19.3. The number of carbonyl (C=O) groups excluding carboxylic acids is 2. The molecule has 0 aliphatic rings. The van der Waals surface area contributed by atoms with Crippen molar-refractivity contribution in [2.45, 2.75) is 39.5 Å². The molecule has 0 atom stereocenters. The van der Waals surface area contributed by atoms with E-state index in [0.29, 0.717) is 65.7 Å². The molecular weight excluding hydrogens is 344 g/mol. The molecule has 0 aliphatic heterocycles. The Kier molecular flexibility index (Phi) is 19.2. The number of hydrogen-bond donors (Lipinski definition) is 0. The molecule has 0 rings (SSSR count). The number of ether oxygens (including phenoxy) is 6. The maximum atomic E-state index is 11.1. The first-order valence-electron chi connectivity index (χ1n) is 9.32. The van der Waals surface area contributed by atoms with Gasteiger partial charge in [-0.1, -0.05) is 13.8 Å². The van der Waals surface area contributed by atoms with E-state index >= 15 is 0 Å². The third-order valence-corrected chi connectivity index (χ3v) is 3.01. The molecule has 0 aliphatic carbocycles. The zero-order valence-electron chi connectivity index (χ0n) is 16.2. The van der Waals surface area contributed by atoms with Crippen molar-refractivity contribution in [3.63, 3.8) is 0 Å². The lowest BCUT2D eigenvalue weighted by molar-refractivity contribution is -0.146. The molecule has 0 bridgehead atoms. The smallest absolute Gasteiger partial charge is 0.305 e. The third kappa shape index (κ3) is 19.1. The molecule has 0 radical (unpaired) electrons. The van der Waals surface area contributed by atoms with Crippen molar-refractivity contribution in [1.82, 2.24) is 0 Å². The summed E-state index contributed by atoms with van der Waals surface area (Å²) < 4.78 is 31.1. The second-order valence-corrected chi connectivity index (χ2v) is 5.39. The lowest BCUT2D eigenvalue weighted by Gasteiger charge is -2.08. The van der Waals surface area contributed by atoms with Gasteiger partial charge < -0.3 is 28.4 Å². The van der Waals surface area contributed by atoms with Gasteiger partial charge in [0.25, 0.3) is 0 Å². The van der Waals surface area contributed by atoms with Crippen LogP contribution in [0.5, 0.6) is 0 Å². The maximum Gasteiger partial charge on any atom is 0.305 e. The molecule has 0 spiro atoms. The van der Waals surface area contributed by atoms with Crippen LogP contribution in [-0.2, 0) is 38.0 Å². The first kappa shape index (κ1) is 24.8. The van der Waals surface area contributed by atoms with Gasteiger partial charge in [-0.3, -0.25) is 9.59 Å². The van der Waals surface area contributed by atoms with E-state index < -0.39 is 0 Å². The van der Waals surface area contributed by atoms with E-state index in [9.17, 15) is 9.59 Å². The minimum atomic E-state index is -0.189. The maximum absolute atomic E-state index is 11.1. The quantitative estimate of drug-likeness (QED) is 0.248. The van der Waals surface area contributed by atoms with Crippen LogP contribution in [0.1, 0.15) is 39.5 Å². The van der Waals surface area contributed by atoms with Gasteiger partial charge in [-0.25, -0.2) is 0 Å². The van der Waals surface area contributed by atoms with Crippen LogP contribution in [0, 0.1) is 0 Å². The van der Waals surface area contributed by atoms with Gasteiger partial charge in [-0.05, 0) is 12.8 Å². The Morgan fingerprint density at radius 2 is 0.769 bits per heavy atom. The molecule has 154 valence electrons. The molecule has 0 heterocycles. The van der Waals surface area contributed by atoms with E-state index in [1.54, 1.807) is 0 Å². The summed E-state index contributed by atoms with van der Waals surface area (Å²) in [6, 6.07) is 0. The topological polar surface area (TPSA) is 89.5 Å². The molecule has 0 aromatic heterocycles. The monoisotopic (exact) mass is 378 g/mol. The predicted octanol–water partition coefficient (Wildman–Crippen LogP) is 1.74. The highest BCUT2D eigenvalue weighted by Crippen LogP contribution is 1.92. The second kappa shape index (κ2) is 20.1. The van der Waals surface area contributed by atoms with Crippen molar-refractivity contribution < 1.29 is 38.0 Å². The first-order valence-corrected chi connectivity index (χ1v) is 9.32. The summed E-state index contributed by atoms with van der Waals surface area (Å²) in [4.78, 5) is 22.2. The lowest BCUT2D eigenvalue weighted by atomic mass is 10.3. The van der Waals surface area contributed by atoms with Crippen LogP contribution >= 0.6 is 0 Å². The minimum Gasteiger partial charge on any atom is -0.463 e. The van der Waals surface area contributed by atoms with Crippen molar-refractivity contribution in [2.75, 3.05) is 66.1 Å². The summed E-state index contributed by atoms with van der Waals surface area (Å²) >= 11 is 0. The van der Waals surface area contributed by atoms with Crippen LogP contribution < -0.4 is 0 Å². The van der Waals surface area contributed by atoms with E-state index in [-0.39, 0.29) is 25.2 Å². The van der Waals surface area contributed by atoms with Crippen LogP contribution in [0.15, 0.2) is 0 Å². The minimum absolute atomic E-state index is 0.189. The summed E-state index contributed by atoms with van der Waals surface area (Å²) in [5.41, 5.74) is 0. The van der Waals surface area contributed by atoms with Crippen LogP contribution in [0.4, 0.5) is 0 Å². The summed E-state index contributed by atoms with van der Waals surface area (Å²) in [5, 5.41) is 0. The third-order valence-electron chi connectivity index (χ3n) is 3.01. The fourth-order valence-electron chi connectivity index (χ4n) is 1.74. The molecule has 8 heteroatoms. The van der Waals surface area contributed by atoms with Gasteiger partial charge >= 0.3 is 11.9 Å².